The highest BCUT2D eigenvalue weighted by Crippen LogP contribution is 2.31. The number of likely N-dealkylation sites (N-methyl/N-ethyl adjacent to an activating group) is 1. The molecule has 1 N–H and O–H groups in total. The molecule has 1 heterocycles. The first-order chi connectivity index (χ1) is 11.0. The molecule has 0 unspecified atom stereocenters. The maximum Gasteiger partial charge on any atom is 0.293 e. The van der Waals surface area contributed by atoms with Crippen LogP contribution in [0.3, 0.4) is 0 Å². The van der Waals surface area contributed by atoms with E-state index in [-0.39, 0.29) is 5.91 Å². The quantitative estimate of drug-likeness (QED) is 0.947. The minimum Gasteiger partial charge on any atom is -0.329 e. The summed E-state index contributed by atoms with van der Waals surface area (Å²) < 4.78 is 0. The molecule has 0 bridgehead atoms. The van der Waals surface area contributed by atoms with E-state index in [0.29, 0.717) is 5.84 Å². The average molecular weight is 308 g/mol. The summed E-state index contributed by atoms with van der Waals surface area (Å²) in [4.78, 5) is 14.5. The second kappa shape index (κ2) is 5.76. The molecule has 5 nitrogen and oxygen atoms in total. The number of para-hydroxylation sites is 2. The van der Waals surface area contributed by atoms with Gasteiger partial charge in [0.05, 0.1) is 5.69 Å². The lowest BCUT2D eigenvalue weighted by atomic mass is 10.1. The molecule has 5 heteroatoms. The van der Waals surface area contributed by atoms with Crippen LogP contribution in [-0.4, -0.2) is 29.4 Å². The second-order valence-electron chi connectivity index (χ2n) is 5.94. The summed E-state index contributed by atoms with van der Waals surface area (Å²) in [5.74, 6) is 0.174. The number of carbonyl (C=O) groups excluding carboxylic acids is 1. The molecule has 0 spiro atoms. The summed E-state index contributed by atoms with van der Waals surface area (Å²) >= 11 is 0. The largest absolute Gasteiger partial charge is 0.329 e. The number of nitrogens with zero attached hydrogens (tertiary/aromatic N) is 3. The van der Waals surface area contributed by atoms with Crippen LogP contribution in [0, 0.1) is 0 Å². The fourth-order valence-electron chi connectivity index (χ4n) is 2.53. The van der Waals surface area contributed by atoms with Gasteiger partial charge in [0.25, 0.3) is 5.91 Å². The molecule has 118 valence electrons. The zero-order valence-corrected chi connectivity index (χ0v) is 13.5. The molecule has 1 aliphatic heterocycles. The number of nitrogens with one attached hydrogen (secondary N) is 1. The van der Waals surface area contributed by atoms with Crippen molar-refractivity contribution in [3.05, 3.63) is 60.7 Å². The van der Waals surface area contributed by atoms with Gasteiger partial charge in [0.1, 0.15) is 5.66 Å². The van der Waals surface area contributed by atoms with Crippen molar-refractivity contribution in [3.63, 3.8) is 0 Å². The highest BCUT2D eigenvalue weighted by molar-refractivity contribution is 6.42. The molecule has 1 aliphatic rings. The normalized spacial score (nSPS) is 16.2. The van der Waals surface area contributed by atoms with E-state index in [1.165, 1.54) is 0 Å². The van der Waals surface area contributed by atoms with Crippen molar-refractivity contribution in [3.8, 4) is 0 Å². The highest BCUT2D eigenvalue weighted by Gasteiger charge is 2.42. The summed E-state index contributed by atoms with van der Waals surface area (Å²) in [5, 5.41) is 9.31. The van der Waals surface area contributed by atoms with Crippen LogP contribution in [0.5, 0.6) is 0 Å². The zero-order chi connectivity index (χ0) is 16.4. The molecule has 1 amide bonds. The third-order valence-corrected chi connectivity index (χ3v) is 4.09. The smallest absolute Gasteiger partial charge is 0.293 e. The van der Waals surface area contributed by atoms with E-state index in [9.17, 15) is 4.79 Å². The highest BCUT2D eigenvalue weighted by atomic mass is 16.2. The Morgan fingerprint density at radius 1 is 1.00 bits per heavy atom. The Kier molecular flexibility index (Phi) is 3.78. The number of carbonyl (C=O) groups is 1. The summed E-state index contributed by atoms with van der Waals surface area (Å²) in [5.41, 5.74) is 1.28. The van der Waals surface area contributed by atoms with Crippen molar-refractivity contribution in [2.75, 3.05) is 17.4 Å². The van der Waals surface area contributed by atoms with Crippen molar-refractivity contribution < 1.29 is 4.79 Å². The van der Waals surface area contributed by atoms with Crippen LogP contribution in [-0.2, 0) is 4.79 Å². The SMILES string of the molecule is CN1C(C(=O)Nc2ccccc2)=NN(c2ccccc2)C1(C)C. The van der Waals surface area contributed by atoms with Gasteiger partial charge in [0.2, 0.25) is 5.84 Å². The molecule has 0 aliphatic carbocycles. The van der Waals surface area contributed by atoms with Crippen LogP contribution in [0.2, 0.25) is 0 Å². The van der Waals surface area contributed by atoms with Crippen LogP contribution < -0.4 is 10.3 Å². The van der Waals surface area contributed by atoms with E-state index in [4.69, 9.17) is 0 Å². The van der Waals surface area contributed by atoms with Crippen LogP contribution >= 0.6 is 0 Å². The number of amidine groups is 1. The van der Waals surface area contributed by atoms with Gasteiger partial charge in [-0.2, -0.15) is 0 Å². The molecule has 2 aromatic rings. The Balaban J connectivity index is 1.88. The molecule has 0 fully saturated rings. The lowest BCUT2D eigenvalue weighted by molar-refractivity contribution is -0.111. The standard InChI is InChI=1S/C18H20N4O/c1-18(2)21(3)16(17(23)19-14-10-6-4-7-11-14)20-22(18)15-12-8-5-9-13-15/h4-13H,1-3H3,(H,19,23). The van der Waals surface area contributed by atoms with Gasteiger partial charge in [-0.3, -0.25) is 4.79 Å². The molecule has 23 heavy (non-hydrogen) atoms. The monoisotopic (exact) mass is 308 g/mol. The lowest BCUT2D eigenvalue weighted by Crippen LogP contribution is -2.51. The molecule has 0 radical (unpaired) electrons. The van der Waals surface area contributed by atoms with Crippen LogP contribution in [0.4, 0.5) is 11.4 Å². The zero-order valence-electron chi connectivity index (χ0n) is 13.5. The lowest BCUT2D eigenvalue weighted by Gasteiger charge is -2.36. The van der Waals surface area contributed by atoms with Gasteiger partial charge in [-0.25, -0.2) is 5.01 Å². The molecule has 2 aromatic carbocycles. The van der Waals surface area contributed by atoms with E-state index in [1.54, 1.807) is 0 Å². The maximum absolute atomic E-state index is 12.6. The number of amides is 1. The number of rotatable bonds is 3. The van der Waals surface area contributed by atoms with Gasteiger partial charge in [0, 0.05) is 12.7 Å². The van der Waals surface area contributed by atoms with Crippen molar-refractivity contribution in [2.24, 2.45) is 5.10 Å². The second-order valence-corrected chi connectivity index (χ2v) is 5.94. The molecule has 0 aromatic heterocycles. The summed E-state index contributed by atoms with van der Waals surface area (Å²) in [6.45, 7) is 4.07. The van der Waals surface area contributed by atoms with E-state index < -0.39 is 5.66 Å². The minimum atomic E-state index is -0.426. The fraction of sp³-hybridized carbons (Fsp3) is 0.222. The Bertz CT molecular complexity index is 725. The van der Waals surface area contributed by atoms with Crippen molar-refractivity contribution in [1.82, 2.24) is 4.90 Å². The Morgan fingerprint density at radius 3 is 2.17 bits per heavy atom. The first kappa shape index (κ1) is 15.1. The molecule has 3 rings (SSSR count). The third kappa shape index (κ3) is 2.77. The van der Waals surface area contributed by atoms with E-state index >= 15 is 0 Å². The number of benzene rings is 2. The third-order valence-electron chi connectivity index (χ3n) is 4.09. The summed E-state index contributed by atoms with van der Waals surface area (Å²) in [7, 11) is 1.88. The van der Waals surface area contributed by atoms with Crippen LogP contribution in [0.15, 0.2) is 65.8 Å². The number of hydrogen-bond donors (Lipinski definition) is 1. The fourth-order valence-corrected chi connectivity index (χ4v) is 2.53. The molecular weight excluding hydrogens is 288 g/mol. The topological polar surface area (TPSA) is 47.9 Å². The minimum absolute atomic E-state index is 0.217. The predicted octanol–water partition coefficient (Wildman–Crippen LogP) is 3.13. The van der Waals surface area contributed by atoms with E-state index in [0.717, 1.165) is 11.4 Å². The summed E-state index contributed by atoms with van der Waals surface area (Å²) in [6.07, 6.45) is 0. The predicted molar refractivity (Wildman–Crippen MR) is 93.3 cm³/mol. The Morgan fingerprint density at radius 2 is 1.57 bits per heavy atom. The van der Waals surface area contributed by atoms with Crippen molar-refractivity contribution >= 4 is 23.1 Å². The van der Waals surface area contributed by atoms with Gasteiger partial charge in [-0.05, 0) is 38.1 Å². The van der Waals surface area contributed by atoms with Crippen LogP contribution in [0.25, 0.3) is 0 Å². The first-order valence-electron chi connectivity index (χ1n) is 7.54. The van der Waals surface area contributed by atoms with Gasteiger partial charge < -0.3 is 10.2 Å². The van der Waals surface area contributed by atoms with Gasteiger partial charge >= 0.3 is 0 Å². The Hall–Kier alpha value is -2.82. The average Bonchev–Trinajstić information content (AvgIpc) is 2.80. The maximum atomic E-state index is 12.6. The van der Waals surface area contributed by atoms with Gasteiger partial charge in [0.15, 0.2) is 0 Å². The van der Waals surface area contributed by atoms with Crippen molar-refractivity contribution in [1.29, 1.82) is 0 Å². The first-order valence-corrected chi connectivity index (χ1v) is 7.54. The summed E-state index contributed by atoms with van der Waals surface area (Å²) in [6, 6.07) is 19.2. The van der Waals surface area contributed by atoms with Gasteiger partial charge in [-0.15, -0.1) is 5.10 Å². The van der Waals surface area contributed by atoms with Crippen LogP contribution in [0.1, 0.15) is 13.8 Å². The van der Waals surface area contributed by atoms with Crippen molar-refractivity contribution in [2.45, 2.75) is 19.5 Å². The molecular formula is C18H20N4O. The van der Waals surface area contributed by atoms with E-state index in [2.05, 4.69) is 10.4 Å². The molecule has 0 saturated carbocycles. The number of hydrazone groups is 1. The molecule has 0 saturated heterocycles. The molecule has 0 atom stereocenters. The Labute approximate surface area is 136 Å². The van der Waals surface area contributed by atoms with E-state index in [1.807, 2.05) is 91.5 Å². The van der Waals surface area contributed by atoms with Gasteiger partial charge in [-0.1, -0.05) is 36.4 Å². The number of hydrogen-bond acceptors (Lipinski definition) is 4. The number of anilines is 2.